The van der Waals surface area contributed by atoms with Crippen LogP contribution in [0.25, 0.3) is 11.8 Å². The molecule has 82 valence electrons. The van der Waals surface area contributed by atoms with Crippen LogP contribution in [0.5, 0.6) is 0 Å². The first-order chi connectivity index (χ1) is 7.79. The number of rotatable bonds is 3. The van der Waals surface area contributed by atoms with Gasteiger partial charge in [-0.25, -0.2) is 4.98 Å². The predicted octanol–water partition coefficient (Wildman–Crippen LogP) is 3.00. The van der Waals surface area contributed by atoms with Gasteiger partial charge in [-0.2, -0.15) is 0 Å². The Kier molecular flexibility index (Phi) is 3.15. The third-order valence-electron chi connectivity index (χ3n) is 2.30. The van der Waals surface area contributed by atoms with E-state index >= 15 is 0 Å². The molecule has 0 bridgehead atoms. The number of nitrogens with zero attached hydrogens (tertiary/aromatic N) is 3. The van der Waals surface area contributed by atoms with E-state index in [1.807, 2.05) is 42.1 Å². The fourth-order valence-corrected chi connectivity index (χ4v) is 1.45. The lowest BCUT2D eigenvalue weighted by Crippen LogP contribution is -1.91. The van der Waals surface area contributed by atoms with E-state index in [-0.39, 0.29) is 0 Å². The maximum Gasteiger partial charge on any atom is 0.0995 e. The van der Waals surface area contributed by atoms with Crippen molar-refractivity contribution in [2.45, 2.75) is 20.3 Å². The molecule has 2 aromatic heterocycles. The van der Waals surface area contributed by atoms with E-state index in [0.29, 0.717) is 0 Å². The summed E-state index contributed by atoms with van der Waals surface area (Å²) in [5, 5.41) is 0. The number of hydrogen-bond donors (Lipinski definition) is 0. The summed E-state index contributed by atoms with van der Waals surface area (Å²) in [6.45, 7) is 4.08. The lowest BCUT2D eigenvalue weighted by atomic mass is 10.3. The highest BCUT2D eigenvalue weighted by Crippen LogP contribution is 2.08. The Labute approximate surface area is 95.5 Å². The van der Waals surface area contributed by atoms with Crippen molar-refractivity contribution in [3.05, 3.63) is 48.3 Å². The molecule has 2 aromatic rings. The van der Waals surface area contributed by atoms with Gasteiger partial charge in [0.05, 0.1) is 29.6 Å². The summed E-state index contributed by atoms with van der Waals surface area (Å²) in [4.78, 5) is 8.55. The van der Waals surface area contributed by atoms with Crippen molar-refractivity contribution >= 4 is 6.08 Å². The van der Waals surface area contributed by atoms with E-state index < -0.39 is 0 Å². The number of aromatic nitrogens is 3. The Bertz CT molecular complexity index is 480. The van der Waals surface area contributed by atoms with Crippen LogP contribution >= 0.6 is 0 Å². The first-order valence-corrected chi connectivity index (χ1v) is 5.43. The van der Waals surface area contributed by atoms with Gasteiger partial charge >= 0.3 is 0 Å². The van der Waals surface area contributed by atoms with Gasteiger partial charge in [0.15, 0.2) is 0 Å². The molecule has 16 heavy (non-hydrogen) atoms. The second-order valence-electron chi connectivity index (χ2n) is 3.67. The molecule has 0 atom stereocenters. The third kappa shape index (κ3) is 2.37. The van der Waals surface area contributed by atoms with Crippen LogP contribution in [0.3, 0.4) is 0 Å². The predicted molar refractivity (Wildman–Crippen MR) is 65.4 cm³/mol. The lowest BCUT2D eigenvalue weighted by Gasteiger charge is -2.01. The van der Waals surface area contributed by atoms with E-state index in [1.54, 1.807) is 6.33 Å². The van der Waals surface area contributed by atoms with Crippen LogP contribution in [0.4, 0.5) is 0 Å². The third-order valence-corrected chi connectivity index (χ3v) is 2.30. The molecular weight excluding hydrogens is 198 g/mol. The molecule has 2 rings (SSSR count). The van der Waals surface area contributed by atoms with E-state index in [1.165, 1.54) is 0 Å². The highest BCUT2D eigenvalue weighted by Gasteiger charge is 1.97. The lowest BCUT2D eigenvalue weighted by molar-refractivity contribution is 1.04. The average molecular weight is 213 g/mol. The summed E-state index contributed by atoms with van der Waals surface area (Å²) in [7, 11) is 0. The molecule has 0 saturated carbocycles. The Morgan fingerprint density at radius 1 is 1.31 bits per heavy atom. The van der Waals surface area contributed by atoms with Crippen LogP contribution in [0.15, 0.2) is 36.9 Å². The van der Waals surface area contributed by atoms with Gasteiger partial charge in [-0.3, -0.25) is 4.98 Å². The number of pyridine rings is 1. The summed E-state index contributed by atoms with van der Waals surface area (Å²) in [6.07, 6.45) is 10.8. The van der Waals surface area contributed by atoms with Crippen LogP contribution in [-0.4, -0.2) is 14.5 Å². The normalized spacial score (nSPS) is 11.1. The number of imidazole rings is 1. The smallest absolute Gasteiger partial charge is 0.0995 e. The first-order valence-electron chi connectivity index (χ1n) is 5.43. The van der Waals surface area contributed by atoms with Crippen LogP contribution in [0.2, 0.25) is 0 Å². The molecule has 0 spiro atoms. The molecule has 0 N–H and O–H groups in total. The van der Waals surface area contributed by atoms with Gasteiger partial charge in [0, 0.05) is 6.20 Å². The molecular formula is C13H15N3. The Balaban J connectivity index is 2.22. The van der Waals surface area contributed by atoms with Gasteiger partial charge in [-0.15, -0.1) is 0 Å². The SMILES string of the molecule is CC/C=C/c1ccc(-n2cnc(C)c2)cn1. The van der Waals surface area contributed by atoms with Gasteiger partial charge in [0.25, 0.3) is 0 Å². The maximum atomic E-state index is 4.37. The highest BCUT2D eigenvalue weighted by molar-refractivity contribution is 5.46. The van der Waals surface area contributed by atoms with Gasteiger partial charge in [-0.05, 0) is 31.6 Å². The Morgan fingerprint density at radius 2 is 2.19 bits per heavy atom. The maximum absolute atomic E-state index is 4.37. The molecule has 0 aromatic carbocycles. The fraction of sp³-hybridized carbons (Fsp3) is 0.231. The molecule has 0 radical (unpaired) electrons. The van der Waals surface area contributed by atoms with Crippen LogP contribution in [-0.2, 0) is 0 Å². The van der Waals surface area contributed by atoms with Gasteiger partial charge in [0.1, 0.15) is 0 Å². The van der Waals surface area contributed by atoms with Crippen molar-refractivity contribution in [1.82, 2.24) is 14.5 Å². The van der Waals surface area contributed by atoms with E-state index in [4.69, 9.17) is 0 Å². The van der Waals surface area contributed by atoms with E-state index in [0.717, 1.165) is 23.5 Å². The second-order valence-corrected chi connectivity index (χ2v) is 3.67. The number of allylic oxidation sites excluding steroid dienone is 1. The van der Waals surface area contributed by atoms with Crippen molar-refractivity contribution in [2.24, 2.45) is 0 Å². The minimum Gasteiger partial charge on any atom is -0.304 e. The Hall–Kier alpha value is -1.90. The topological polar surface area (TPSA) is 30.7 Å². The quantitative estimate of drug-likeness (QED) is 0.784. The van der Waals surface area contributed by atoms with Crippen LogP contribution < -0.4 is 0 Å². The van der Waals surface area contributed by atoms with Crippen molar-refractivity contribution in [2.75, 3.05) is 0 Å². The highest BCUT2D eigenvalue weighted by atomic mass is 15.0. The van der Waals surface area contributed by atoms with Gasteiger partial charge < -0.3 is 4.57 Å². The monoisotopic (exact) mass is 213 g/mol. The molecule has 0 aliphatic rings. The molecule has 0 saturated heterocycles. The van der Waals surface area contributed by atoms with Gasteiger partial charge in [0.2, 0.25) is 0 Å². The summed E-state index contributed by atoms with van der Waals surface area (Å²) < 4.78 is 1.97. The van der Waals surface area contributed by atoms with Crippen LogP contribution in [0, 0.1) is 6.92 Å². The molecule has 3 nitrogen and oxygen atoms in total. The van der Waals surface area contributed by atoms with Crippen molar-refractivity contribution in [3.63, 3.8) is 0 Å². The van der Waals surface area contributed by atoms with Crippen molar-refractivity contribution in [3.8, 4) is 5.69 Å². The molecule has 0 fully saturated rings. The summed E-state index contributed by atoms with van der Waals surface area (Å²) >= 11 is 0. The summed E-state index contributed by atoms with van der Waals surface area (Å²) in [5.41, 5.74) is 3.03. The fourth-order valence-electron chi connectivity index (χ4n) is 1.45. The molecule has 0 unspecified atom stereocenters. The van der Waals surface area contributed by atoms with Crippen LogP contribution in [0.1, 0.15) is 24.7 Å². The zero-order valence-corrected chi connectivity index (χ0v) is 9.59. The summed E-state index contributed by atoms with van der Waals surface area (Å²) in [5.74, 6) is 0. The minimum absolute atomic E-state index is 0.988. The number of hydrogen-bond acceptors (Lipinski definition) is 2. The average Bonchev–Trinajstić information content (AvgIpc) is 2.74. The molecule has 0 amide bonds. The van der Waals surface area contributed by atoms with Gasteiger partial charge in [-0.1, -0.05) is 13.0 Å². The zero-order valence-electron chi connectivity index (χ0n) is 9.59. The Morgan fingerprint density at radius 3 is 2.75 bits per heavy atom. The molecule has 0 aliphatic heterocycles. The second kappa shape index (κ2) is 4.75. The van der Waals surface area contributed by atoms with E-state index in [2.05, 4.69) is 23.0 Å². The first kappa shape index (κ1) is 10.6. The molecule has 2 heterocycles. The van der Waals surface area contributed by atoms with Crippen molar-refractivity contribution in [1.29, 1.82) is 0 Å². The van der Waals surface area contributed by atoms with E-state index in [9.17, 15) is 0 Å². The number of aryl methyl sites for hydroxylation is 1. The minimum atomic E-state index is 0.988. The zero-order chi connectivity index (χ0) is 11.4. The standard InChI is InChI=1S/C13H15N3/c1-3-4-5-12-6-7-13(8-14-12)16-9-11(2)15-10-16/h4-10H,3H2,1-2H3/b5-4+. The largest absolute Gasteiger partial charge is 0.304 e. The van der Waals surface area contributed by atoms with Crippen molar-refractivity contribution < 1.29 is 0 Å². The molecule has 0 aliphatic carbocycles. The summed E-state index contributed by atoms with van der Waals surface area (Å²) in [6, 6.07) is 4.06. The molecule has 3 heteroatoms.